The third-order valence-corrected chi connectivity index (χ3v) is 10.7. The van der Waals surface area contributed by atoms with Crippen LogP contribution in [0.5, 0.6) is 97.7 Å². The Hall–Kier alpha value is -9.06. The molecule has 9 aromatic rings. The van der Waals surface area contributed by atoms with Crippen LogP contribution in [0.2, 0.25) is 0 Å². The summed E-state index contributed by atoms with van der Waals surface area (Å²) in [6, 6.07) is 14.8. The summed E-state index contributed by atoms with van der Waals surface area (Å²) in [5.41, 5.74) is -3.13. The second-order valence-electron chi connectivity index (χ2n) is 13.8. The van der Waals surface area contributed by atoms with E-state index in [0.717, 1.165) is 0 Å². The van der Waals surface area contributed by atoms with E-state index in [9.17, 15) is 86.8 Å². The summed E-state index contributed by atoms with van der Waals surface area (Å²) < 4.78 is 5.53. The number of aromatic hydroxyl groups is 17. The highest BCUT2D eigenvalue weighted by molar-refractivity contribution is 6.33. The first-order chi connectivity index (χ1) is 28.4. The predicted molar refractivity (Wildman–Crippen MR) is 211 cm³/mol. The fraction of sp³-hybridized carbons (Fsp3) is 0. The molecule has 0 amide bonds. The third-order valence-electron chi connectivity index (χ3n) is 10.7. The van der Waals surface area contributed by atoms with Crippen molar-refractivity contribution in [2.24, 2.45) is 0 Å². The highest BCUT2D eigenvalue weighted by Crippen LogP contribution is 2.66. The standard InChI is InChI=1S/C42H26O18/c43-24-21(31(50)40(59)42-23(24)20-19-22(32(51)39(58)41(20)60-42)30(49)38(57)37(56)29(19)48)14-17-15(25(44)33(52)35(54)27(17)46)13(16-18(14)28(47)36(55)34(53)26(16)45)12-8-4-7-11(9-12)10-5-2-1-3-6-10/h1-9,43-59H. The highest BCUT2D eigenvalue weighted by atomic mass is 16.4. The molecular formula is C42H26O18. The van der Waals surface area contributed by atoms with E-state index in [1.807, 2.05) is 0 Å². The molecule has 0 atom stereocenters. The molecule has 17 N–H and O–H groups in total. The van der Waals surface area contributed by atoms with Crippen molar-refractivity contribution in [3.05, 3.63) is 54.6 Å². The van der Waals surface area contributed by atoms with Gasteiger partial charge in [0.15, 0.2) is 57.2 Å². The Balaban J connectivity index is 1.58. The van der Waals surface area contributed by atoms with Crippen molar-refractivity contribution in [1.82, 2.24) is 0 Å². The number of phenols is 17. The molecule has 8 aromatic carbocycles. The summed E-state index contributed by atoms with van der Waals surface area (Å²) in [5, 5.41) is 184. The lowest BCUT2D eigenvalue weighted by atomic mass is 9.82. The molecule has 302 valence electrons. The molecular weight excluding hydrogens is 792 g/mol. The number of rotatable bonds is 3. The van der Waals surface area contributed by atoms with Gasteiger partial charge in [-0.1, -0.05) is 48.5 Å². The average Bonchev–Trinajstić information content (AvgIpc) is 3.66. The zero-order valence-corrected chi connectivity index (χ0v) is 29.7. The van der Waals surface area contributed by atoms with Crippen molar-refractivity contribution in [1.29, 1.82) is 0 Å². The van der Waals surface area contributed by atoms with Crippen LogP contribution in [0.25, 0.3) is 87.6 Å². The highest BCUT2D eigenvalue weighted by Gasteiger charge is 2.38. The Morgan fingerprint density at radius 3 is 1.13 bits per heavy atom. The van der Waals surface area contributed by atoms with E-state index in [2.05, 4.69) is 0 Å². The van der Waals surface area contributed by atoms with Gasteiger partial charge in [0.2, 0.25) is 46.0 Å². The van der Waals surface area contributed by atoms with Crippen LogP contribution in [-0.4, -0.2) is 86.8 Å². The van der Waals surface area contributed by atoms with E-state index in [4.69, 9.17) is 4.42 Å². The van der Waals surface area contributed by atoms with Gasteiger partial charge in [-0.25, -0.2) is 0 Å². The van der Waals surface area contributed by atoms with Crippen LogP contribution in [0.4, 0.5) is 0 Å². The first kappa shape index (κ1) is 36.6. The third kappa shape index (κ3) is 4.34. The van der Waals surface area contributed by atoms with Crippen LogP contribution in [0.1, 0.15) is 0 Å². The molecule has 0 aliphatic rings. The quantitative estimate of drug-likeness (QED) is 0.0482. The van der Waals surface area contributed by atoms with Crippen LogP contribution in [0.15, 0.2) is 59.0 Å². The summed E-state index contributed by atoms with van der Waals surface area (Å²) in [6.45, 7) is 0. The van der Waals surface area contributed by atoms with Gasteiger partial charge in [0.1, 0.15) is 5.75 Å². The minimum atomic E-state index is -1.42. The largest absolute Gasteiger partial charge is 0.506 e. The van der Waals surface area contributed by atoms with Crippen LogP contribution < -0.4 is 0 Å². The molecule has 1 aromatic heterocycles. The van der Waals surface area contributed by atoms with Crippen LogP contribution in [-0.2, 0) is 0 Å². The number of benzene rings is 8. The van der Waals surface area contributed by atoms with E-state index < -0.39 is 169 Å². The smallest absolute Gasteiger partial charge is 0.205 e. The molecule has 60 heavy (non-hydrogen) atoms. The normalized spacial score (nSPS) is 11.8. The van der Waals surface area contributed by atoms with Gasteiger partial charge in [-0.3, -0.25) is 0 Å². The average molecular weight is 819 g/mol. The van der Waals surface area contributed by atoms with Gasteiger partial charge in [-0.2, -0.15) is 0 Å². The molecule has 9 rings (SSSR count). The van der Waals surface area contributed by atoms with Gasteiger partial charge in [0.25, 0.3) is 0 Å². The van der Waals surface area contributed by atoms with Crippen LogP contribution in [0.3, 0.4) is 0 Å². The fourth-order valence-corrected chi connectivity index (χ4v) is 7.97. The van der Waals surface area contributed by atoms with Crippen LogP contribution >= 0.6 is 0 Å². The summed E-state index contributed by atoms with van der Waals surface area (Å²) in [5.74, 6) is -22.5. The van der Waals surface area contributed by atoms with Gasteiger partial charge in [0.05, 0.1) is 16.3 Å². The van der Waals surface area contributed by atoms with Crippen molar-refractivity contribution < 1.29 is 91.2 Å². The Bertz CT molecular complexity index is 3360. The van der Waals surface area contributed by atoms with E-state index in [1.165, 1.54) is 18.2 Å². The molecule has 1 heterocycles. The lowest BCUT2D eigenvalue weighted by Gasteiger charge is -2.23. The minimum absolute atomic E-state index is 0.0187. The molecule has 0 radical (unpaired) electrons. The van der Waals surface area contributed by atoms with Gasteiger partial charge in [-0.15, -0.1) is 0 Å². The number of fused-ring (bicyclic) bond motifs is 7. The summed E-state index contributed by atoms with van der Waals surface area (Å²) in [7, 11) is 0. The van der Waals surface area contributed by atoms with Gasteiger partial charge < -0.3 is 91.2 Å². The maximum atomic E-state index is 12.3. The molecule has 0 aliphatic heterocycles. The second kappa shape index (κ2) is 12.0. The first-order valence-electron chi connectivity index (χ1n) is 17.2. The van der Waals surface area contributed by atoms with Crippen molar-refractivity contribution in [3.8, 4) is 131 Å². The monoisotopic (exact) mass is 818 g/mol. The summed E-state index contributed by atoms with van der Waals surface area (Å²) >= 11 is 0. The Morgan fingerprint density at radius 1 is 0.233 bits per heavy atom. The summed E-state index contributed by atoms with van der Waals surface area (Å²) in [4.78, 5) is 0. The fourth-order valence-electron chi connectivity index (χ4n) is 7.97. The van der Waals surface area contributed by atoms with E-state index in [-0.39, 0.29) is 5.56 Å². The van der Waals surface area contributed by atoms with Gasteiger partial charge >= 0.3 is 0 Å². The molecule has 0 saturated carbocycles. The lowest BCUT2D eigenvalue weighted by Crippen LogP contribution is -1.96. The topological polar surface area (TPSA) is 357 Å². The molecule has 0 bridgehead atoms. The van der Waals surface area contributed by atoms with E-state index >= 15 is 0 Å². The SMILES string of the molecule is Oc1c(-c2c3c(O)c(O)c(O)c(O)c3c(-c3cccc(-c4ccccc4)c3)c3c(O)c(O)c(O)c(O)c23)c(O)c2c(oc3c(O)c(O)c4c(O)c(O)c(O)c(O)c4c32)c1O. The Morgan fingerprint density at radius 2 is 0.617 bits per heavy atom. The van der Waals surface area contributed by atoms with Crippen molar-refractivity contribution in [3.63, 3.8) is 0 Å². The van der Waals surface area contributed by atoms with E-state index in [0.29, 0.717) is 11.1 Å². The van der Waals surface area contributed by atoms with Crippen molar-refractivity contribution >= 4 is 54.3 Å². The zero-order valence-electron chi connectivity index (χ0n) is 29.7. The molecule has 0 spiro atoms. The van der Waals surface area contributed by atoms with E-state index in [1.54, 1.807) is 36.4 Å². The lowest BCUT2D eigenvalue weighted by molar-refractivity contribution is 0.349. The Labute approximate surface area is 330 Å². The summed E-state index contributed by atoms with van der Waals surface area (Å²) in [6.07, 6.45) is 0. The van der Waals surface area contributed by atoms with Crippen LogP contribution in [0, 0.1) is 0 Å². The molecule has 0 aliphatic carbocycles. The molecule has 18 heteroatoms. The number of hydrogen-bond donors (Lipinski definition) is 17. The van der Waals surface area contributed by atoms with Crippen molar-refractivity contribution in [2.75, 3.05) is 0 Å². The maximum absolute atomic E-state index is 12.3. The molecule has 0 fully saturated rings. The number of hydrogen-bond acceptors (Lipinski definition) is 18. The van der Waals surface area contributed by atoms with Gasteiger partial charge in [0, 0.05) is 43.4 Å². The van der Waals surface area contributed by atoms with Gasteiger partial charge in [-0.05, 0) is 22.8 Å². The van der Waals surface area contributed by atoms with Crippen molar-refractivity contribution in [2.45, 2.75) is 0 Å². The molecule has 0 saturated heterocycles. The number of furan rings is 1. The second-order valence-corrected chi connectivity index (χ2v) is 13.8. The maximum Gasteiger partial charge on any atom is 0.205 e. The predicted octanol–water partition coefficient (Wildman–Crippen LogP) is 7.04. The minimum Gasteiger partial charge on any atom is -0.506 e. The zero-order chi connectivity index (χ0) is 43.1. The molecule has 18 nitrogen and oxygen atoms in total. The first-order valence-corrected chi connectivity index (χ1v) is 17.2. The Kier molecular flexibility index (Phi) is 7.30. The number of phenolic OH excluding ortho intramolecular Hbond substituents is 17. The molecule has 0 unspecified atom stereocenters.